The normalized spacial score (nSPS) is 15.4. The van der Waals surface area contributed by atoms with Crippen LogP contribution in [0.15, 0.2) is 12.2 Å². The van der Waals surface area contributed by atoms with E-state index in [4.69, 9.17) is 13.9 Å². The van der Waals surface area contributed by atoms with Gasteiger partial charge in [-0.1, -0.05) is 0 Å². The summed E-state index contributed by atoms with van der Waals surface area (Å²) in [6, 6.07) is 0. The summed E-state index contributed by atoms with van der Waals surface area (Å²) >= 11 is 0. The number of hydrogen-bond donors (Lipinski definition) is 0. The fraction of sp³-hybridized carbons (Fsp3) is 0.692. The maximum atomic E-state index is 11.2. The van der Waals surface area contributed by atoms with Crippen molar-refractivity contribution >= 4 is 20.1 Å². The molecule has 114 valence electrons. The molecule has 0 aromatic carbocycles. The second-order valence-electron chi connectivity index (χ2n) is 5.35. The SMILES string of the molecule is C[Si](C)(C)OCCOCCOCCN1C(=O)C=CC1=O. The van der Waals surface area contributed by atoms with E-state index in [-0.39, 0.29) is 18.4 Å². The highest BCUT2D eigenvalue weighted by atomic mass is 28.4. The molecule has 0 radical (unpaired) electrons. The van der Waals surface area contributed by atoms with E-state index < -0.39 is 8.32 Å². The van der Waals surface area contributed by atoms with Crippen molar-refractivity contribution in [2.75, 3.05) is 39.6 Å². The third-order valence-corrected chi connectivity index (χ3v) is 3.56. The van der Waals surface area contributed by atoms with Gasteiger partial charge < -0.3 is 13.9 Å². The molecule has 0 aliphatic carbocycles. The van der Waals surface area contributed by atoms with Crippen molar-refractivity contribution in [3.05, 3.63) is 12.2 Å². The van der Waals surface area contributed by atoms with Gasteiger partial charge in [-0.05, 0) is 19.6 Å². The quantitative estimate of drug-likeness (QED) is 0.339. The van der Waals surface area contributed by atoms with Crippen LogP contribution in [0.25, 0.3) is 0 Å². The van der Waals surface area contributed by atoms with Crippen molar-refractivity contribution < 1.29 is 23.5 Å². The van der Waals surface area contributed by atoms with Gasteiger partial charge in [0.05, 0.1) is 39.6 Å². The lowest BCUT2D eigenvalue weighted by Gasteiger charge is -2.17. The molecule has 0 aromatic heterocycles. The molecule has 0 N–H and O–H groups in total. The molecule has 7 heteroatoms. The summed E-state index contributed by atoms with van der Waals surface area (Å²) in [7, 11) is -1.45. The van der Waals surface area contributed by atoms with Crippen LogP contribution in [-0.4, -0.2) is 64.6 Å². The number of carbonyl (C=O) groups excluding carboxylic acids is 2. The zero-order valence-corrected chi connectivity index (χ0v) is 13.4. The molecule has 1 rings (SSSR count). The van der Waals surface area contributed by atoms with Gasteiger partial charge in [0.1, 0.15) is 0 Å². The van der Waals surface area contributed by atoms with Crippen LogP contribution in [0.1, 0.15) is 0 Å². The van der Waals surface area contributed by atoms with Gasteiger partial charge in [-0.15, -0.1) is 0 Å². The molecule has 2 amide bonds. The number of hydrogen-bond acceptors (Lipinski definition) is 5. The van der Waals surface area contributed by atoms with Crippen molar-refractivity contribution in [1.82, 2.24) is 4.90 Å². The van der Waals surface area contributed by atoms with E-state index in [1.165, 1.54) is 12.2 Å². The molecule has 0 saturated heterocycles. The average molecular weight is 301 g/mol. The van der Waals surface area contributed by atoms with Crippen molar-refractivity contribution in [2.24, 2.45) is 0 Å². The first-order valence-corrected chi connectivity index (χ1v) is 10.1. The molecule has 1 aliphatic heterocycles. The molecule has 20 heavy (non-hydrogen) atoms. The van der Waals surface area contributed by atoms with E-state index in [9.17, 15) is 9.59 Å². The lowest BCUT2D eigenvalue weighted by Crippen LogP contribution is -2.33. The predicted octanol–water partition coefficient (Wildman–Crippen LogP) is 0.796. The van der Waals surface area contributed by atoms with E-state index in [2.05, 4.69) is 19.6 Å². The first-order valence-electron chi connectivity index (χ1n) is 6.73. The van der Waals surface area contributed by atoms with Gasteiger partial charge in [0, 0.05) is 12.2 Å². The van der Waals surface area contributed by atoms with E-state index in [0.717, 1.165) is 4.90 Å². The van der Waals surface area contributed by atoms with Gasteiger partial charge >= 0.3 is 0 Å². The molecule has 1 heterocycles. The zero-order valence-electron chi connectivity index (χ0n) is 12.4. The number of rotatable bonds is 10. The Bertz CT molecular complexity index is 346. The standard InChI is InChI=1S/C13H23NO5Si/c1-20(2,3)19-11-10-18-9-8-17-7-6-14-12(15)4-5-13(14)16/h4-5H,6-11H2,1-3H3. The number of ether oxygens (including phenoxy) is 2. The van der Waals surface area contributed by atoms with Crippen LogP contribution >= 0.6 is 0 Å². The molecular formula is C13H23NO5Si. The van der Waals surface area contributed by atoms with Crippen molar-refractivity contribution in [1.29, 1.82) is 0 Å². The van der Waals surface area contributed by atoms with E-state index in [1.54, 1.807) is 0 Å². The molecule has 0 spiro atoms. The Hall–Kier alpha value is -1.02. The molecule has 0 unspecified atom stereocenters. The Morgan fingerprint density at radius 3 is 1.95 bits per heavy atom. The Morgan fingerprint density at radius 2 is 1.40 bits per heavy atom. The summed E-state index contributed by atoms with van der Waals surface area (Å²) in [6.45, 7) is 9.09. The highest BCUT2D eigenvalue weighted by Crippen LogP contribution is 2.02. The average Bonchev–Trinajstić information content (AvgIpc) is 2.66. The van der Waals surface area contributed by atoms with E-state index >= 15 is 0 Å². The maximum absolute atomic E-state index is 11.2. The monoisotopic (exact) mass is 301 g/mol. The maximum Gasteiger partial charge on any atom is 0.253 e. The summed E-state index contributed by atoms with van der Waals surface area (Å²) in [6.07, 6.45) is 2.54. The Balaban J connectivity index is 1.91. The fourth-order valence-corrected chi connectivity index (χ4v) is 2.23. The van der Waals surface area contributed by atoms with Crippen LogP contribution in [0.2, 0.25) is 19.6 Å². The molecule has 1 aliphatic rings. The largest absolute Gasteiger partial charge is 0.415 e. The molecule has 6 nitrogen and oxygen atoms in total. The van der Waals surface area contributed by atoms with Crippen LogP contribution in [0.3, 0.4) is 0 Å². The minimum atomic E-state index is -1.45. The number of amides is 2. The molecule has 0 saturated carbocycles. The summed E-state index contributed by atoms with van der Waals surface area (Å²) in [5, 5.41) is 0. The van der Waals surface area contributed by atoms with Crippen LogP contribution < -0.4 is 0 Å². The molecular weight excluding hydrogens is 278 g/mol. The fourth-order valence-electron chi connectivity index (χ4n) is 1.54. The minimum absolute atomic E-state index is 0.279. The molecule has 0 atom stereocenters. The van der Waals surface area contributed by atoms with Gasteiger partial charge in [0.25, 0.3) is 11.8 Å². The number of imide groups is 1. The molecule has 0 bridgehead atoms. The van der Waals surface area contributed by atoms with Crippen LogP contribution in [0.4, 0.5) is 0 Å². The van der Waals surface area contributed by atoms with Crippen molar-refractivity contribution in [2.45, 2.75) is 19.6 Å². The van der Waals surface area contributed by atoms with Crippen LogP contribution in [-0.2, 0) is 23.5 Å². The third kappa shape index (κ3) is 6.95. The highest BCUT2D eigenvalue weighted by Gasteiger charge is 2.22. The van der Waals surface area contributed by atoms with Crippen molar-refractivity contribution in [3.8, 4) is 0 Å². The first-order chi connectivity index (χ1) is 9.40. The summed E-state index contributed by atoms with van der Waals surface area (Å²) in [5.41, 5.74) is 0. The van der Waals surface area contributed by atoms with Gasteiger partial charge in [-0.2, -0.15) is 0 Å². The van der Waals surface area contributed by atoms with Gasteiger partial charge in [0.15, 0.2) is 8.32 Å². The van der Waals surface area contributed by atoms with Crippen LogP contribution in [0.5, 0.6) is 0 Å². The topological polar surface area (TPSA) is 65.1 Å². The first kappa shape index (κ1) is 17.0. The second-order valence-corrected chi connectivity index (χ2v) is 9.86. The predicted molar refractivity (Wildman–Crippen MR) is 76.8 cm³/mol. The summed E-state index contributed by atoms with van der Waals surface area (Å²) < 4.78 is 16.3. The van der Waals surface area contributed by atoms with E-state index in [1.807, 2.05) is 0 Å². The molecule has 0 fully saturated rings. The number of nitrogens with zero attached hydrogens (tertiary/aromatic N) is 1. The zero-order chi connectivity index (χ0) is 15.0. The Morgan fingerprint density at radius 1 is 0.900 bits per heavy atom. The molecule has 0 aromatic rings. The third-order valence-electron chi connectivity index (χ3n) is 2.49. The van der Waals surface area contributed by atoms with Crippen LogP contribution in [0, 0.1) is 0 Å². The van der Waals surface area contributed by atoms with Crippen molar-refractivity contribution in [3.63, 3.8) is 0 Å². The lowest BCUT2D eigenvalue weighted by atomic mass is 10.5. The smallest absolute Gasteiger partial charge is 0.253 e. The van der Waals surface area contributed by atoms with Gasteiger partial charge in [0.2, 0.25) is 0 Å². The summed E-state index contributed by atoms with van der Waals surface area (Å²) in [4.78, 5) is 23.6. The Labute approximate surface area is 120 Å². The lowest BCUT2D eigenvalue weighted by molar-refractivity contribution is -0.137. The Kier molecular flexibility index (Phi) is 7.07. The van der Waals surface area contributed by atoms with Gasteiger partial charge in [-0.25, -0.2) is 0 Å². The minimum Gasteiger partial charge on any atom is -0.415 e. The number of carbonyl (C=O) groups is 2. The van der Waals surface area contributed by atoms with Gasteiger partial charge in [-0.3, -0.25) is 14.5 Å². The van der Waals surface area contributed by atoms with E-state index in [0.29, 0.717) is 33.0 Å². The summed E-state index contributed by atoms with van der Waals surface area (Å²) in [5.74, 6) is -0.559. The highest BCUT2D eigenvalue weighted by molar-refractivity contribution is 6.69. The second kappa shape index (κ2) is 8.31.